The first kappa shape index (κ1) is 15.7. The Morgan fingerprint density at radius 3 is 2.55 bits per heavy atom. The first-order valence-electron chi connectivity index (χ1n) is 7.01. The van der Waals surface area contributed by atoms with E-state index in [2.05, 4.69) is 6.92 Å². The third-order valence-corrected chi connectivity index (χ3v) is 3.35. The Hall–Kier alpha value is -2.69. The second kappa shape index (κ2) is 6.85. The molecule has 114 valence electrons. The lowest BCUT2D eigenvalue weighted by molar-refractivity contribution is -0.385. The number of nitrogens with zero attached hydrogens (tertiary/aromatic N) is 1. The van der Waals surface area contributed by atoms with Crippen molar-refractivity contribution in [2.45, 2.75) is 26.9 Å². The zero-order valence-electron chi connectivity index (χ0n) is 12.5. The van der Waals surface area contributed by atoms with Crippen LogP contribution in [0.4, 0.5) is 5.69 Å². The molecule has 0 saturated carbocycles. The van der Waals surface area contributed by atoms with Gasteiger partial charge in [-0.05, 0) is 36.6 Å². The third kappa shape index (κ3) is 3.69. The van der Waals surface area contributed by atoms with Crippen LogP contribution in [0.3, 0.4) is 0 Å². The summed E-state index contributed by atoms with van der Waals surface area (Å²) < 4.78 is 5.60. The number of ketones is 1. The quantitative estimate of drug-likeness (QED) is 0.460. The van der Waals surface area contributed by atoms with Gasteiger partial charge in [0, 0.05) is 0 Å². The zero-order chi connectivity index (χ0) is 16.1. The second-order valence-corrected chi connectivity index (χ2v) is 4.95. The van der Waals surface area contributed by atoms with Crippen molar-refractivity contribution < 1.29 is 14.5 Å². The fraction of sp³-hybridized carbons (Fsp3) is 0.235. The van der Waals surface area contributed by atoms with Gasteiger partial charge >= 0.3 is 0 Å². The first-order valence-corrected chi connectivity index (χ1v) is 7.01. The summed E-state index contributed by atoms with van der Waals surface area (Å²) in [7, 11) is 0. The normalized spacial score (nSPS) is 10.3. The summed E-state index contributed by atoms with van der Waals surface area (Å²) in [5.41, 5.74) is 2.06. The third-order valence-electron chi connectivity index (χ3n) is 3.35. The average Bonchev–Trinajstić information content (AvgIpc) is 2.52. The molecular weight excluding hydrogens is 282 g/mol. The lowest BCUT2D eigenvalue weighted by Crippen LogP contribution is -2.02. The van der Waals surface area contributed by atoms with Crippen LogP contribution < -0.4 is 4.74 Å². The summed E-state index contributed by atoms with van der Waals surface area (Å²) in [4.78, 5) is 21.9. The van der Waals surface area contributed by atoms with Crippen molar-refractivity contribution in [3.63, 3.8) is 0 Å². The van der Waals surface area contributed by atoms with Gasteiger partial charge in [-0.1, -0.05) is 31.2 Å². The van der Waals surface area contributed by atoms with Crippen LogP contribution in [0.5, 0.6) is 5.75 Å². The van der Waals surface area contributed by atoms with E-state index < -0.39 is 4.92 Å². The molecule has 22 heavy (non-hydrogen) atoms. The molecule has 0 aliphatic rings. The van der Waals surface area contributed by atoms with Crippen LogP contribution in [0.2, 0.25) is 0 Å². The van der Waals surface area contributed by atoms with Gasteiger partial charge in [0.1, 0.15) is 12.4 Å². The van der Waals surface area contributed by atoms with Gasteiger partial charge in [0.2, 0.25) is 0 Å². The first-order chi connectivity index (χ1) is 10.5. The largest absolute Gasteiger partial charge is 0.489 e. The number of nitro groups is 1. The molecule has 0 aromatic heterocycles. The van der Waals surface area contributed by atoms with Crippen LogP contribution in [0.25, 0.3) is 0 Å². The molecule has 0 radical (unpaired) electrons. The Morgan fingerprint density at radius 1 is 1.18 bits per heavy atom. The molecule has 0 amide bonds. The van der Waals surface area contributed by atoms with Crippen molar-refractivity contribution in [2.75, 3.05) is 0 Å². The number of nitro benzene ring substituents is 1. The molecule has 5 heteroatoms. The number of aryl methyl sites for hydroxylation is 1. The van der Waals surface area contributed by atoms with E-state index in [1.807, 2.05) is 24.3 Å². The molecule has 2 aromatic carbocycles. The van der Waals surface area contributed by atoms with E-state index in [1.54, 1.807) is 6.07 Å². The molecule has 0 bridgehead atoms. The summed E-state index contributed by atoms with van der Waals surface area (Å²) in [5, 5.41) is 11.0. The lowest BCUT2D eigenvalue weighted by Gasteiger charge is -2.08. The van der Waals surface area contributed by atoms with Gasteiger partial charge in [0.05, 0.1) is 16.6 Å². The molecule has 5 nitrogen and oxygen atoms in total. The standard InChI is InChI=1S/C17H17NO4/c1-3-13-5-4-6-14(9-13)11-22-15-7-8-16(12(2)19)17(10-15)18(20)21/h4-10H,3,11H2,1-2H3. The summed E-state index contributed by atoms with van der Waals surface area (Å²) in [6, 6.07) is 12.3. The minimum absolute atomic E-state index is 0.0883. The Kier molecular flexibility index (Phi) is 4.88. The van der Waals surface area contributed by atoms with Crippen molar-refractivity contribution in [1.29, 1.82) is 0 Å². The Morgan fingerprint density at radius 2 is 1.91 bits per heavy atom. The van der Waals surface area contributed by atoms with Crippen molar-refractivity contribution in [1.82, 2.24) is 0 Å². The minimum Gasteiger partial charge on any atom is -0.489 e. The molecule has 0 heterocycles. The highest BCUT2D eigenvalue weighted by Crippen LogP contribution is 2.25. The highest BCUT2D eigenvalue weighted by Gasteiger charge is 2.18. The number of benzene rings is 2. The van der Waals surface area contributed by atoms with Gasteiger partial charge in [0.25, 0.3) is 5.69 Å². The smallest absolute Gasteiger partial charge is 0.283 e. The number of hydrogen-bond acceptors (Lipinski definition) is 4. The fourth-order valence-electron chi connectivity index (χ4n) is 2.16. The number of rotatable bonds is 6. The monoisotopic (exact) mass is 299 g/mol. The van der Waals surface area contributed by atoms with Crippen molar-refractivity contribution >= 4 is 11.5 Å². The molecular formula is C17H17NO4. The number of carbonyl (C=O) groups excluding carboxylic acids is 1. The van der Waals surface area contributed by atoms with E-state index in [-0.39, 0.29) is 17.0 Å². The molecule has 0 atom stereocenters. The van der Waals surface area contributed by atoms with Crippen LogP contribution in [-0.2, 0) is 13.0 Å². The number of hydrogen-bond donors (Lipinski definition) is 0. The number of ether oxygens (including phenoxy) is 1. The molecule has 0 spiro atoms. The van der Waals surface area contributed by atoms with E-state index in [9.17, 15) is 14.9 Å². The topological polar surface area (TPSA) is 69.4 Å². The minimum atomic E-state index is -0.568. The molecule has 2 aromatic rings. The van der Waals surface area contributed by atoms with E-state index in [4.69, 9.17) is 4.74 Å². The van der Waals surface area contributed by atoms with E-state index in [0.29, 0.717) is 12.4 Å². The van der Waals surface area contributed by atoms with Crippen LogP contribution in [-0.4, -0.2) is 10.7 Å². The second-order valence-electron chi connectivity index (χ2n) is 4.95. The zero-order valence-corrected chi connectivity index (χ0v) is 12.5. The molecule has 0 N–H and O–H groups in total. The SMILES string of the molecule is CCc1cccc(COc2ccc(C(C)=O)c([N+](=O)[O-])c2)c1. The Balaban J connectivity index is 2.18. The van der Waals surface area contributed by atoms with Gasteiger partial charge in [-0.3, -0.25) is 14.9 Å². The molecule has 0 fully saturated rings. The summed E-state index contributed by atoms with van der Waals surface area (Å²) in [5.74, 6) is 0.0347. The molecule has 0 unspecified atom stereocenters. The van der Waals surface area contributed by atoms with E-state index in [0.717, 1.165) is 12.0 Å². The summed E-state index contributed by atoms with van der Waals surface area (Å²) in [6.07, 6.45) is 0.937. The maximum absolute atomic E-state index is 11.4. The van der Waals surface area contributed by atoms with E-state index >= 15 is 0 Å². The van der Waals surface area contributed by atoms with Crippen molar-refractivity contribution in [3.8, 4) is 5.75 Å². The van der Waals surface area contributed by atoms with E-state index in [1.165, 1.54) is 24.6 Å². The molecule has 0 aliphatic heterocycles. The predicted molar refractivity (Wildman–Crippen MR) is 83.3 cm³/mol. The van der Waals surface area contributed by atoms with Crippen molar-refractivity contribution in [3.05, 3.63) is 69.3 Å². The fourth-order valence-corrected chi connectivity index (χ4v) is 2.16. The molecule has 0 saturated heterocycles. The molecule has 0 aliphatic carbocycles. The Bertz CT molecular complexity index is 710. The van der Waals surface area contributed by atoms with Crippen LogP contribution in [0.1, 0.15) is 35.3 Å². The summed E-state index contributed by atoms with van der Waals surface area (Å²) >= 11 is 0. The number of carbonyl (C=O) groups is 1. The number of Topliss-reactive ketones (excluding diaryl/α,β-unsaturated/α-hetero) is 1. The lowest BCUT2D eigenvalue weighted by atomic mass is 10.1. The molecule has 2 rings (SSSR count). The van der Waals surface area contributed by atoms with Crippen LogP contribution in [0, 0.1) is 10.1 Å². The van der Waals surface area contributed by atoms with Gasteiger partial charge in [-0.15, -0.1) is 0 Å². The predicted octanol–water partition coefficient (Wildman–Crippen LogP) is 3.94. The Labute approximate surface area is 128 Å². The highest BCUT2D eigenvalue weighted by atomic mass is 16.6. The maximum Gasteiger partial charge on any atom is 0.283 e. The highest BCUT2D eigenvalue weighted by molar-refractivity contribution is 5.98. The van der Waals surface area contributed by atoms with Gasteiger partial charge in [-0.2, -0.15) is 0 Å². The van der Waals surface area contributed by atoms with Gasteiger partial charge in [-0.25, -0.2) is 0 Å². The van der Waals surface area contributed by atoms with Gasteiger partial charge < -0.3 is 4.74 Å². The van der Waals surface area contributed by atoms with Crippen molar-refractivity contribution in [2.24, 2.45) is 0 Å². The van der Waals surface area contributed by atoms with Crippen LogP contribution >= 0.6 is 0 Å². The van der Waals surface area contributed by atoms with Crippen LogP contribution in [0.15, 0.2) is 42.5 Å². The average molecular weight is 299 g/mol. The summed E-state index contributed by atoms with van der Waals surface area (Å²) in [6.45, 7) is 3.70. The van der Waals surface area contributed by atoms with Gasteiger partial charge in [0.15, 0.2) is 5.78 Å². The maximum atomic E-state index is 11.4.